The second kappa shape index (κ2) is 5.64. The van der Waals surface area contributed by atoms with Crippen molar-refractivity contribution in [1.82, 2.24) is 5.32 Å². The Balaban J connectivity index is 1.97. The van der Waals surface area contributed by atoms with Gasteiger partial charge in [-0.2, -0.15) is 8.78 Å². The third-order valence-corrected chi connectivity index (χ3v) is 3.47. The molecule has 1 unspecified atom stereocenters. The van der Waals surface area contributed by atoms with Crippen molar-refractivity contribution in [3.63, 3.8) is 0 Å². The summed E-state index contributed by atoms with van der Waals surface area (Å²) in [5, 5.41) is 3.41. The molecule has 2 rings (SSSR count). The summed E-state index contributed by atoms with van der Waals surface area (Å²) in [7, 11) is 0. The zero-order valence-electron chi connectivity index (χ0n) is 8.96. The number of nitrogens with one attached hydrogen (secondary N) is 1. The predicted octanol–water partition coefficient (Wildman–Crippen LogP) is 3.30. The van der Waals surface area contributed by atoms with E-state index in [1.54, 1.807) is 6.07 Å². The van der Waals surface area contributed by atoms with Crippen molar-refractivity contribution >= 4 is 11.8 Å². The second-order valence-electron chi connectivity index (χ2n) is 4.02. The predicted molar refractivity (Wildman–Crippen MR) is 63.0 cm³/mol. The molecule has 1 aromatic carbocycles. The molecule has 0 aromatic heterocycles. The van der Waals surface area contributed by atoms with Crippen LogP contribution in [0.3, 0.4) is 0 Å². The van der Waals surface area contributed by atoms with Crippen LogP contribution in [0.25, 0.3) is 0 Å². The summed E-state index contributed by atoms with van der Waals surface area (Å²) >= 11 is 0.617. The first kappa shape index (κ1) is 11.9. The van der Waals surface area contributed by atoms with E-state index in [-0.39, 0.29) is 0 Å². The van der Waals surface area contributed by atoms with Crippen molar-refractivity contribution in [3.8, 4) is 0 Å². The van der Waals surface area contributed by atoms with Crippen molar-refractivity contribution in [2.24, 2.45) is 0 Å². The molecule has 0 amide bonds. The maximum absolute atomic E-state index is 12.2. The maximum atomic E-state index is 12.2. The zero-order chi connectivity index (χ0) is 11.4. The fourth-order valence-electron chi connectivity index (χ4n) is 2.06. The van der Waals surface area contributed by atoms with Crippen molar-refractivity contribution in [2.75, 3.05) is 6.54 Å². The number of rotatable bonds is 4. The summed E-state index contributed by atoms with van der Waals surface area (Å²) in [6.07, 6.45) is 3.35. The number of alkyl halides is 2. The first-order valence-electron chi connectivity index (χ1n) is 5.51. The lowest BCUT2D eigenvalue weighted by Gasteiger charge is -2.10. The minimum atomic E-state index is -2.33. The number of halogens is 2. The fraction of sp³-hybridized carbons (Fsp3) is 0.500. The quantitative estimate of drug-likeness (QED) is 0.814. The van der Waals surface area contributed by atoms with E-state index in [9.17, 15) is 8.78 Å². The van der Waals surface area contributed by atoms with Crippen LogP contribution in [0, 0.1) is 0 Å². The molecule has 1 aliphatic rings. The normalized spacial score (nSPS) is 20.6. The van der Waals surface area contributed by atoms with Crippen LogP contribution in [0.1, 0.15) is 18.4 Å². The summed E-state index contributed by atoms with van der Waals surface area (Å²) in [5.41, 5.74) is 1.14. The van der Waals surface area contributed by atoms with Gasteiger partial charge in [-0.15, -0.1) is 0 Å². The highest BCUT2D eigenvalue weighted by molar-refractivity contribution is 7.99. The Labute approximate surface area is 98.6 Å². The second-order valence-corrected chi connectivity index (χ2v) is 5.09. The van der Waals surface area contributed by atoms with Gasteiger partial charge in [-0.25, -0.2) is 0 Å². The molecule has 0 saturated carbocycles. The Morgan fingerprint density at radius 2 is 2.31 bits per heavy atom. The van der Waals surface area contributed by atoms with Gasteiger partial charge in [0.25, 0.3) is 5.76 Å². The number of hydrogen-bond acceptors (Lipinski definition) is 2. The number of benzene rings is 1. The molecule has 1 aromatic rings. The van der Waals surface area contributed by atoms with Crippen LogP contribution >= 0.6 is 11.8 Å². The maximum Gasteiger partial charge on any atom is 0.288 e. The van der Waals surface area contributed by atoms with E-state index in [0.717, 1.165) is 18.5 Å². The van der Waals surface area contributed by atoms with Crippen LogP contribution in [-0.4, -0.2) is 18.3 Å². The molecule has 4 heteroatoms. The van der Waals surface area contributed by atoms with Gasteiger partial charge in [-0.1, -0.05) is 23.9 Å². The van der Waals surface area contributed by atoms with E-state index in [0.29, 0.717) is 22.7 Å². The lowest BCUT2D eigenvalue weighted by atomic mass is 10.1. The summed E-state index contributed by atoms with van der Waals surface area (Å²) in [6, 6.07) is 8.00. The summed E-state index contributed by atoms with van der Waals surface area (Å²) in [6.45, 7) is 1.08. The van der Waals surface area contributed by atoms with Crippen LogP contribution in [-0.2, 0) is 6.42 Å². The molecule has 0 radical (unpaired) electrons. The van der Waals surface area contributed by atoms with Gasteiger partial charge in [0.2, 0.25) is 0 Å². The Bertz CT molecular complexity index is 338. The molecule has 88 valence electrons. The Morgan fingerprint density at radius 3 is 3.00 bits per heavy atom. The highest BCUT2D eigenvalue weighted by Crippen LogP contribution is 2.26. The van der Waals surface area contributed by atoms with E-state index in [1.807, 2.05) is 18.2 Å². The van der Waals surface area contributed by atoms with Crippen LogP contribution in [0.4, 0.5) is 8.78 Å². The van der Waals surface area contributed by atoms with Gasteiger partial charge in [-0.3, -0.25) is 0 Å². The van der Waals surface area contributed by atoms with Crippen molar-refractivity contribution in [3.05, 3.63) is 29.8 Å². The molecule has 1 N–H and O–H groups in total. The van der Waals surface area contributed by atoms with E-state index in [4.69, 9.17) is 0 Å². The van der Waals surface area contributed by atoms with Crippen molar-refractivity contribution < 1.29 is 8.78 Å². The highest BCUT2D eigenvalue weighted by atomic mass is 32.2. The molecule has 0 spiro atoms. The molecule has 0 aliphatic carbocycles. The monoisotopic (exact) mass is 243 g/mol. The minimum Gasteiger partial charge on any atom is -0.314 e. The topological polar surface area (TPSA) is 12.0 Å². The van der Waals surface area contributed by atoms with Gasteiger partial charge in [0, 0.05) is 10.9 Å². The lowest BCUT2D eigenvalue weighted by molar-refractivity contribution is 0.252. The smallest absolute Gasteiger partial charge is 0.288 e. The number of hydrogen-bond donors (Lipinski definition) is 1. The molecular formula is C12H15F2NS. The van der Waals surface area contributed by atoms with Crippen molar-refractivity contribution in [2.45, 2.75) is 36.0 Å². The van der Waals surface area contributed by atoms with E-state index >= 15 is 0 Å². The molecular weight excluding hydrogens is 228 g/mol. The highest BCUT2D eigenvalue weighted by Gasteiger charge is 2.14. The molecule has 0 bridgehead atoms. The third kappa shape index (κ3) is 3.46. The summed E-state index contributed by atoms with van der Waals surface area (Å²) in [5.74, 6) is -2.33. The van der Waals surface area contributed by atoms with Gasteiger partial charge in [0.1, 0.15) is 0 Å². The average Bonchev–Trinajstić information content (AvgIpc) is 2.70. The molecule has 16 heavy (non-hydrogen) atoms. The van der Waals surface area contributed by atoms with Gasteiger partial charge in [0.15, 0.2) is 0 Å². The Kier molecular flexibility index (Phi) is 4.18. The molecule has 1 nitrogen and oxygen atoms in total. The van der Waals surface area contributed by atoms with E-state index in [1.165, 1.54) is 12.8 Å². The summed E-state index contributed by atoms with van der Waals surface area (Å²) in [4.78, 5) is 0.658. The largest absolute Gasteiger partial charge is 0.314 e. The first-order valence-corrected chi connectivity index (χ1v) is 6.39. The van der Waals surface area contributed by atoms with E-state index in [2.05, 4.69) is 5.32 Å². The Hall–Kier alpha value is -0.610. The van der Waals surface area contributed by atoms with Crippen LogP contribution in [0.2, 0.25) is 0 Å². The van der Waals surface area contributed by atoms with Gasteiger partial charge >= 0.3 is 0 Å². The average molecular weight is 243 g/mol. The molecule has 1 aliphatic heterocycles. The zero-order valence-corrected chi connectivity index (χ0v) is 9.77. The van der Waals surface area contributed by atoms with Crippen LogP contribution in [0.15, 0.2) is 29.2 Å². The van der Waals surface area contributed by atoms with Gasteiger partial charge < -0.3 is 5.32 Å². The SMILES string of the molecule is FC(F)Sc1cccc(CC2CCCN2)c1. The van der Waals surface area contributed by atoms with E-state index < -0.39 is 5.76 Å². The Morgan fingerprint density at radius 1 is 1.44 bits per heavy atom. The lowest BCUT2D eigenvalue weighted by Crippen LogP contribution is -2.23. The van der Waals surface area contributed by atoms with Crippen LogP contribution < -0.4 is 5.32 Å². The number of thioether (sulfide) groups is 1. The summed E-state index contributed by atoms with van der Waals surface area (Å²) < 4.78 is 24.4. The van der Waals surface area contributed by atoms with Crippen molar-refractivity contribution in [1.29, 1.82) is 0 Å². The molecule has 1 fully saturated rings. The van der Waals surface area contributed by atoms with Gasteiger partial charge in [-0.05, 0) is 43.5 Å². The van der Waals surface area contributed by atoms with Gasteiger partial charge in [0.05, 0.1) is 0 Å². The minimum absolute atomic E-state index is 0.520. The molecule has 1 heterocycles. The molecule has 1 saturated heterocycles. The standard InChI is InChI=1S/C12H15F2NS/c13-12(14)16-11-5-1-3-9(8-11)7-10-4-2-6-15-10/h1,3,5,8,10,12,15H,2,4,6-7H2. The third-order valence-electron chi connectivity index (χ3n) is 2.77. The molecule has 1 atom stereocenters. The first-order chi connectivity index (χ1) is 7.74. The fourth-order valence-corrected chi connectivity index (χ4v) is 2.65. The van der Waals surface area contributed by atoms with Crippen LogP contribution in [0.5, 0.6) is 0 Å².